The Bertz CT molecular complexity index is 890. The van der Waals surface area contributed by atoms with Gasteiger partial charge in [0.2, 0.25) is 0 Å². The molecule has 4 saturated carbocycles. The molecular formula is C28H39NO2. The van der Waals surface area contributed by atoms with Crippen LogP contribution in [0, 0.1) is 34.5 Å². The Morgan fingerprint density at radius 3 is 2.45 bits per heavy atom. The standard InChI is InChI=1S/C28H39NO2/c1-26-17-19(18-29(4)21-8-6-5-7-9-21)25(30)16-20(26)10-11-22-23(26)12-14-27(2)24(22)13-15-28(27,3)31/h5-9,18,20,22-24,31H,10-17H2,1-4H3/b19-18-/t20-,22+,23-,24-,26-,27-,28+/m0/s1. The minimum Gasteiger partial charge on any atom is -0.390 e. The van der Waals surface area contributed by atoms with Gasteiger partial charge < -0.3 is 10.0 Å². The molecule has 3 nitrogen and oxygen atoms in total. The first-order valence-corrected chi connectivity index (χ1v) is 12.4. The molecule has 0 bridgehead atoms. The van der Waals surface area contributed by atoms with Crippen molar-refractivity contribution in [2.45, 2.75) is 77.7 Å². The first kappa shape index (κ1) is 21.2. The van der Waals surface area contributed by atoms with Gasteiger partial charge in [-0.1, -0.05) is 32.0 Å². The third kappa shape index (κ3) is 3.14. The molecule has 1 aromatic rings. The molecule has 7 atom stereocenters. The van der Waals surface area contributed by atoms with Crippen molar-refractivity contribution in [2.75, 3.05) is 11.9 Å². The molecule has 0 aliphatic heterocycles. The highest BCUT2D eigenvalue weighted by Crippen LogP contribution is 2.68. The van der Waals surface area contributed by atoms with Gasteiger partial charge in [-0.15, -0.1) is 0 Å². The van der Waals surface area contributed by atoms with E-state index in [1.54, 1.807) is 0 Å². The van der Waals surface area contributed by atoms with Crippen molar-refractivity contribution in [3.63, 3.8) is 0 Å². The van der Waals surface area contributed by atoms with Crippen molar-refractivity contribution in [1.82, 2.24) is 0 Å². The number of hydrogen-bond donors (Lipinski definition) is 1. The zero-order valence-corrected chi connectivity index (χ0v) is 19.7. The van der Waals surface area contributed by atoms with Gasteiger partial charge in [0.1, 0.15) is 0 Å². The van der Waals surface area contributed by atoms with E-state index in [-0.39, 0.29) is 10.8 Å². The number of allylic oxidation sites excluding steroid dienone is 1. The van der Waals surface area contributed by atoms with E-state index in [4.69, 9.17) is 0 Å². The van der Waals surface area contributed by atoms with Crippen LogP contribution in [0.5, 0.6) is 0 Å². The average molecular weight is 422 g/mol. The number of anilines is 1. The van der Waals surface area contributed by atoms with Gasteiger partial charge in [0.15, 0.2) is 5.78 Å². The maximum Gasteiger partial charge on any atom is 0.160 e. The van der Waals surface area contributed by atoms with Crippen molar-refractivity contribution in [3.05, 3.63) is 42.1 Å². The summed E-state index contributed by atoms with van der Waals surface area (Å²) >= 11 is 0. The van der Waals surface area contributed by atoms with E-state index in [1.165, 1.54) is 25.7 Å². The molecular weight excluding hydrogens is 382 g/mol. The number of benzene rings is 1. The van der Waals surface area contributed by atoms with Gasteiger partial charge in [0.25, 0.3) is 0 Å². The second kappa shape index (κ2) is 7.20. The van der Waals surface area contributed by atoms with Gasteiger partial charge in [-0.25, -0.2) is 0 Å². The summed E-state index contributed by atoms with van der Waals surface area (Å²) in [6, 6.07) is 10.3. The molecule has 4 fully saturated rings. The lowest BCUT2D eigenvalue weighted by molar-refractivity contribution is -0.147. The summed E-state index contributed by atoms with van der Waals surface area (Å²) in [5.74, 6) is 2.89. The summed E-state index contributed by atoms with van der Waals surface area (Å²) < 4.78 is 0. The van der Waals surface area contributed by atoms with Crippen LogP contribution in [0.4, 0.5) is 5.69 Å². The Kier molecular flexibility index (Phi) is 4.93. The fourth-order valence-electron chi connectivity index (χ4n) is 8.34. The van der Waals surface area contributed by atoms with E-state index in [0.717, 1.165) is 30.5 Å². The van der Waals surface area contributed by atoms with Crippen molar-refractivity contribution in [3.8, 4) is 0 Å². The summed E-state index contributed by atoms with van der Waals surface area (Å²) in [4.78, 5) is 15.2. The minimum absolute atomic E-state index is 0.0635. The van der Waals surface area contributed by atoms with Crippen LogP contribution in [0.25, 0.3) is 0 Å². The van der Waals surface area contributed by atoms with Crippen LogP contribution in [-0.4, -0.2) is 23.5 Å². The van der Waals surface area contributed by atoms with Crippen LogP contribution in [0.1, 0.15) is 72.1 Å². The maximum absolute atomic E-state index is 13.1. The summed E-state index contributed by atoms with van der Waals surface area (Å²) in [6.07, 6.45) is 10.6. The molecule has 0 radical (unpaired) electrons. The Hall–Kier alpha value is -1.61. The van der Waals surface area contributed by atoms with Gasteiger partial charge in [-0.2, -0.15) is 0 Å². The predicted octanol–water partition coefficient (Wildman–Crippen LogP) is 5.98. The largest absolute Gasteiger partial charge is 0.390 e. The van der Waals surface area contributed by atoms with Crippen LogP contribution < -0.4 is 4.90 Å². The Morgan fingerprint density at radius 1 is 1.00 bits per heavy atom. The van der Waals surface area contributed by atoms with E-state index < -0.39 is 5.60 Å². The first-order valence-electron chi connectivity index (χ1n) is 12.4. The van der Waals surface area contributed by atoms with Crippen LogP contribution in [0.3, 0.4) is 0 Å². The second-order valence-electron chi connectivity index (χ2n) is 11.8. The van der Waals surface area contributed by atoms with E-state index in [0.29, 0.717) is 35.9 Å². The molecule has 0 spiro atoms. The van der Waals surface area contributed by atoms with Gasteiger partial charge in [0.05, 0.1) is 5.60 Å². The zero-order chi connectivity index (χ0) is 22.0. The maximum atomic E-state index is 13.1. The Balaban J connectivity index is 1.43. The van der Waals surface area contributed by atoms with Crippen LogP contribution in [0.2, 0.25) is 0 Å². The monoisotopic (exact) mass is 421 g/mol. The lowest BCUT2D eigenvalue weighted by Gasteiger charge is -2.61. The Labute approximate surface area is 187 Å². The van der Waals surface area contributed by atoms with Crippen LogP contribution in [0.15, 0.2) is 42.1 Å². The smallest absolute Gasteiger partial charge is 0.160 e. The number of ketones is 1. The predicted molar refractivity (Wildman–Crippen MR) is 126 cm³/mol. The SMILES string of the molecule is CN(/C=C1/C[C@@]2(C)[C@@H](CC[C@@H]3[C@@H]2CC[C@@]2(C)[C@H]3CC[C@@]2(C)O)CC1=O)c1ccccc1. The van der Waals surface area contributed by atoms with Crippen LogP contribution in [-0.2, 0) is 4.79 Å². The molecule has 0 unspecified atom stereocenters. The summed E-state index contributed by atoms with van der Waals surface area (Å²) in [6.45, 7) is 6.94. The van der Waals surface area contributed by atoms with Crippen molar-refractivity contribution < 1.29 is 9.90 Å². The fraction of sp³-hybridized carbons (Fsp3) is 0.679. The third-order valence-electron chi connectivity index (χ3n) is 10.5. The first-order chi connectivity index (χ1) is 14.7. The molecule has 3 heteroatoms. The quantitative estimate of drug-likeness (QED) is 0.597. The molecule has 1 N–H and O–H groups in total. The van der Waals surface area contributed by atoms with Crippen molar-refractivity contribution >= 4 is 11.5 Å². The van der Waals surface area contributed by atoms with Gasteiger partial charge in [-0.05, 0) is 98.5 Å². The zero-order valence-electron chi connectivity index (χ0n) is 19.7. The Morgan fingerprint density at radius 2 is 1.71 bits per heavy atom. The summed E-state index contributed by atoms with van der Waals surface area (Å²) in [5, 5.41) is 11.2. The van der Waals surface area contributed by atoms with Gasteiger partial charge >= 0.3 is 0 Å². The number of nitrogens with zero attached hydrogens (tertiary/aromatic N) is 1. The van der Waals surface area contributed by atoms with E-state index >= 15 is 0 Å². The number of carbonyl (C=O) groups excluding carboxylic acids is 1. The molecule has 4 aliphatic rings. The topological polar surface area (TPSA) is 40.5 Å². The highest BCUT2D eigenvalue weighted by atomic mass is 16.3. The third-order valence-corrected chi connectivity index (χ3v) is 10.5. The number of para-hydroxylation sites is 1. The fourth-order valence-corrected chi connectivity index (χ4v) is 8.34. The van der Waals surface area contributed by atoms with Gasteiger partial charge in [0, 0.05) is 30.9 Å². The number of Topliss-reactive ketones (excluding diaryl/α,β-unsaturated/α-hetero) is 1. The highest BCUT2D eigenvalue weighted by Gasteiger charge is 2.63. The molecule has 0 heterocycles. The lowest BCUT2D eigenvalue weighted by atomic mass is 9.44. The molecule has 0 aromatic heterocycles. The van der Waals surface area contributed by atoms with Crippen LogP contribution >= 0.6 is 0 Å². The number of hydrogen-bond acceptors (Lipinski definition) is 3. The van der Waals surface area contributed by atoms with E-state index in [1.807, 2.05) is 18.2 Å². The normalized spacial score (nSPS) is 45.7. The number of rotatable bonds is 2. The molecule has 5 rings (SSSR count). The molecule has 0 saturated heterocycles. The molecule has 0 amide bonds. The highest BCUT2D eigenvalue weighted by molar-refractivity contribution is 5.97. The van der Waals surface area contributed by atoms with Crippen molar-refractivity contribution in [2.24, 2.45) is 34.5 Å². The number of carbonyl (C=O) groups is 1. The van der Waals surface area contributed by atoms with Gasteiger partial charge in [-0.3, -0.25) is 4.79 Å². The second-order valence-corrected chi connectivity index (χ2v) is 11.8. The average Bonchev–Trinajstić information content (AvgIpc) is 2.99. The minimum atomic E-state index is -0.521. The molecule has 4 aliphatic carbocycles. The molecule has 31 heavy (non-hydrogen) atoms. The lowest BCUT2D eigenvalue weighted by Crippen LogP contribution is -2.56. The molecule has 1 aromatic carbocycles. The summed E-state index contributed by atoms with van der Waals surface area (Å²) in [7, 11) is 2.06. The van der Waals surface area contributed by atoms with E-state index in [9.17, 15) is 9.90 Å². The van der Waals surface area contributed by atoms with E-state index in [2.05, 4.69) is 51.1 Å². The number of fused-ring (bicyclic) bond motifs is 5. The van der Waals surface area contributed by atoms with Crippen molar-refractivity contribution in [1.29, 1.82) is 0 Å². The number of aliphatic hydroxyl groups is 1. The molecule has 168 valence electrons. The summed E-state index contributed by atoms with van der Waals surface area (Å²) in [5.41, 5.74) is 1.88.